The van der Waals surface area contributed by atoms with Gasteiger partial charge in [0.15, 0.2) is 0 Å². The minimum atomic E-state index is -1.30. The molecule has 0 spiro atoms. The Morgan fingerprint density at radius 3 is 2.25 bits per heavy atom. The Kier molecular flexibility index (Phi) is 5.33. The lowest BCUT2D eigenvalue weighted by atomic mass is 10.2. The molecule has 0 unspecified atom stereocenters. The lowest BCUT2D eigenvalue weighted by molar-refractivity contribution is -0.140. The third-order valence-corrected chi connectivity index (χ3v) is 2.62. The van der Waals surface area contributed by atoms with Gasteiger partial charge in [-0.2, -0.15) is 0 Å². The Balaban J connectivity index is 2.86. The average molecular weight is 301 g/mol. The number of carboxylic acid groups (broad SMARTS) is 2. The fourth-order valence-corrected chi connectivity index (χ4v) is 1.62. The second-order valence-electron chi connectivity index (χ2n) is 4.03. The van der Waals surface area contributed by atoms with Gasteiger partial charge in [0.25, 0.3) is 0 Å². The number of carbonyl (C=O) groups excluding carboxylic acids is 1. The molecule has 0 aliphatic carbocycles. The molecule has 0 aliphatic heterocycles. The van der Waals surface area contributed by atoms with Crippen LogP contribution in [0.4, 0.5) is 10.5 Å². The highest BCUT2D eigenvalue weighted by Crippen LogP contribution is 2.20. The smallest absolute Gasteiger partial charge is 0.323 e. The summed E-state index contributed by atoms with van der Waals surface area (Å²) in [5.74, 6) is -2.60. The molecule has 20 heavy (non-hydrogen) atoms. The van der Waals surface area contributed by atoms with Crippen LogP contribution in [0.15, 0.2) is 18.2 Å². The molecule has 0 aliphatic rings. The Morgan fingerprint density at radius 2 is 1.75 bits per heavy atom. The van der Waals surface area contributed by atoms with E-state index in [0.717, 1.165) is 0 Å². The molecule has 0 radical (unpaired) electrons. The average Bonchev–Trinajstić information content (AvgIpc) is 2.31. The Morgan fingerprint density at radius 1 is 1.20 bits per heavy atom. The van der Waals surface area contributed by atoms with Crippen molar-refractivity contribution in [1.82, 2.24) is 4.90 Å². The van der Waals surface area contributed by atoms with Gasteiger partial charge in [0.1, 0.15) is 13.1 Å². The molecular weight excluding hydrogens is 288 g/mol. The first-order valence-corrected chi connectivity index (χ1v) is 5.93. The number of halogens is 1. The molecule has 7 nitrogen and oxygen atoms in total. The van der Waals surface area contributed by atoms with Crippen LogP contribution in [0.5, 0.6) is 0 Å². The lowest BCUT2D eigenvalue weighted by Crippen LogP contribution is -2.42. The second kappa shape index (κ2) is 6.76. The van der Waals surface area contributed by atoms with Crippen molar-refractivity contribution in [3.05, 3.63) is 28.8 Å². The normalized spacial score (nSPS) is 9.90. The maximum atomic E-state index is 11.9. The molecule has 0 saturated heterocycles. The standard InChI is InChI=1S/C12H13ClN2O5/c1-7-2-3-8(13)4-9(7)14-12(20)15(5-10(16)17)6-11(18)19/h2-4H,5-6H2,1H3,(H,14,20)(H,16,17)(H,18,19). The number of rotatable bonds is 5. The maximum Gasteiger partial charge on any atom is 0.323 e. The number of aryl methyl sites for hydroxylation is 1. The summed E-state index contributed by atoms with van der Waals surface area (Å²) in [6.45, 7) is 0.306. The van der Waals surface area contributed by atoms with Crippen molar-refractivity contribution in [3.63, 3.8) is 0 Å². The molecule has 2 amide bonds. The van der Waals surface area contributed by atoms with Crippen molar-refractivity contribution in [1.29, 1.82) is 0 Å². The highest BCUT2D eigenvalue weighted by molar-refractivity contribution is 6.31. The van der Waals surface area contributed by atoms with E-state index in [2.05, 4.69) is 5.32 Å². The van der Waals surface area contributed by atoms with Gasteiger partial charge in [-0.3, -0.25) is 9.59 Å². The van der Waals surface area contributed by atoms with Crippen molar-refractivity contribution in [2.75, 3.05) is 18.4 Å². The third kappa shape index (κ3) is 4.77. The van der Waals surface area contributed by atoms with Crippen LogP contribution in [0.1, 0.15) is 5.56 Å². The Labute approximate surface area is 119 Å². The van der Waals surface area contributed by atoms with Gasteiger partial charge in [-0.15, -0.1) is 0 Å². The molecule has 8 heteroatoms. The fraction of sp³-hybridized carbons (Fsp3) is 0.250. The molecule has 108 valence electrons. The molecule has 0 atom stereocenters. The number of amides is 2. The SMILES string of the molecule is Cc1ccc(Cl)cc1NC(=O)N(CC(=O)O)CC(=O)O. The number of urea groups is 1. The largest absolute Gasteiger partial charge is 0.480 e. The van der Waals surface area contributed by atoms with Crippen molar-refractivity contribution >= 4 is 35.3 Å². The second-order valence-corrected chi connectivity index (χ2v) is 4.47. The molecule has 0 bridgehead atoms. The van der Waals surface area contributed by atoms with Crippen LogP contribution >= 0.6 is 11.6 Å². The lowest BCUT2D eigenvalue weighted by Gasteiger charge is -2.19. The van der Waals surface area contributed by atoms with Crippen molar-refractivity contribution < 1.29 is 24.6 Å². The molecule has 1 aromatic carbocycles. The first-order chi connectivity index (χ1) is 9.29. The number of nitrogens with one attached hydrogen (secondary N) is 1. The van der Waals surface area contributed by atoms with Crippen LogP contribution in [0.25, 0.3) is 0 Å². The fourth-order valence-electron chi connectivity index (χ4n) is 1.45. The summed E-state index contributed by atoms with van der Waals surface area (Å²) in [5, 5.41) is 20.2. The minimum absolute atomic E-state index is 0.392. The summed E-state index contributed by atoms with van der Waals surface area (Å²) < 4.78 is 0. The highest BCUT2D eigenvalue weighted by Gasteiger charge is 2.20. The molecular formula is C12H13ClN2O5. The number of carboxylic acids is 2. The molecule has 0 fully saturated rings. The summed E-state index contributed by atoms with van der Waals surface area (Å²) in [6.07, 6.45) is 0. The van der Waals surface area contributed by atoms with Gasteiger partial charge >= 0.3 is 18.0 Å². The van der Waals surface area contributed by atoms with E-state index in [0.29, 0.717) is 21.2 Å². The van der Waals surface area contributed by atoms with Gasteiger partial charge in [-0.25, -0.2) is 4.79 Å². The first kappa shape index (κ1) is 15.8. The topological polar surface area (TPSA) is 107 Å². The molecule has 0 saturated carbocycles. The molecule has 3 N–H and O–H groups in total. The minimum Gasteiger partial charge on any atom is -0.480 e. The highest BCUT2D eigenvalue weighted by atomic mass is 35.5. The van der Waals surface area contributed by atoms with E-state index in [4.69, 9.17) is 21.8 Å². The monoisotopic (exact) mass is 300 g/mol. The third-order valence-electron chi connectivity index (χ3n) is 2.38. The Bertz CT molecular complexity index is 531. The van der Waals surface area contributed by atoms with Crippen LogP contribution in [0, 0.1) is 6.92 Å². The van der Waals surface area contributed by atoms with Crippen LogP contribution < -0.4 is 5.32 Å². The predicted molar refractivity (Wildman–Crippen MR) is 72.1 cm³/mol. The first-order valence-electron chi connectivity index (χ1n) is 5.55. The van der Waals surface area contributed by atoms with Gasteiger partial charge in [0.05, 0.1) is 0 Å². The van der Waals surface area contributed by atoms with Crippen molar-refractivity contribution in [2.24, 2.45) is 0 Å². The summed E-state index contributed by atoms with van der Waals surface area (Å²) in [5.41, 5.74) is 1.11. The summed E-state index contributed by atoms with van der Waals surface area (Å²) in [4.78, 5) is 33.8. The van der Waals surface area contributed by atoms with E-state index < -0.39 is 31.1 Å². The van der Waals surface area contributed by atoms with E-state index in [1.54, 1.807) is 19.1 Å². The van der Waals surface area contributed by atoms with Gasteiger partial charge in [-0.05, 0) is 24.6 Å². The van der Waals surface area contributed by atoms with Gasteiger partial charge in [0.2, 0.25) is 0 Å². The number of anilines is 1. The molecule has 0 aromatic heterocycles. The summed E-state index contributed by atoms with van der Waals surface area (Å²) in [6, 6.07) is 3.99. The van der Waals surface area contributed by atoms with Crippen molar-refractivity contribution in [2.45, 2.75) is 6.92 Å². The van der Waals surface area contributed by atoms with Crippen molar-refractivity contribution in [3.8, 4) is 0 Å². The molecule has 1 rings (SSSR count). The summed E-state index contributed by atoms with van der Waals surface area (Å²) >= 11 is 5.80. The zero-order valence-corrected chi connectivity index (χ0v) is 11.3. The van der Waals surface area contributed by atoms with Crippen LogP contribution in [0.3, 0.4) is 0 Å². The Hall–Kier alpha value is -2.28. The van der Waals surface area contributed by atoms with E-state index in [9.17, 15) is 14.4 Å². The van der Waals surface area contributed by atoms with Crippen LogP contribution in [-0.4, -0.2) is 46.2 Å². The van der Waals surface area contributed by atoms with E-state index in [1.807, 2.05) is 0 Å². The van der Waals surface area contributed by atoms with E-state index in [-0.39, 0.29) is 0 Å². The zero-order valence-electron chi connectivity index (χ0n) is 10.6. The molecule has 1 aromatic rings. The van der Waals surface area contributed by atoms with E-state index in [1.165, 1.54) is 6.07 Å². The van der Waals surface area contributed by atoms with Gasteiger partial charge in [0, 0.05) is 10.7 Å². The molecule has 0 heterocycles. The van der Waals surface area contributed by atoms with Crippen LogP contribution in [-0.2, 0) is 9.59 Å². The maximum absolute atomic E-state index is 11.9. The van der Waals surface area contributed by atoms with Crippen LogP contribution in [0.2, 0.25) is 5.02 Å². The number of aliphatic carboxylic acids is 2. The number of hydrogen-bond acceptors (Lipinski definition) is 3. The van der Waals surface area contributed by atoms with Gasteiger partial charge in [-0.1, -0.05) is 17.7 Å². The van der Waals surface area contributed by atoms with Gasteiger partial charge < -0.3 is 20.4 Å². The quantitative estimate of drug-likeness (QED) is 0.766. The zero-order chi connectivity index (χ0) is 15.3. The number of benzene rings is 1. The number of nitrogens with zero attached hydrogens (tertiary/aromatic N) is 1. The number of hydrogen-bond donors (Lipinski definition) is 3. The summed E-state index contributed by atoms with van der Waals surface area (Å²) in [7, 11) is 0. The van der Waals surface area contributed by atoms with E-state index >= 15 is 0 Å². The predicted octanol–water partition coefficient (Wildman–Crippen LogP) is 1.65. The number of carbonyl (C=O) groups is 3.